The number of aryl methyl sites for hydroxylation is 3. The Morgan fingerprint density at radius 2 is 1.77 bits per heavy atom. The first-order chi connectivity index (χ1) is 14.3. The van der Waals surface area contributed by atoms with E-state index in [-0.39, 0.29) is 11.3 Å². The number of phenolic OH excluding ortho intramolecular Hbond substituents is 1. The Balaban J connectivity index is 1.90. The monoisotopic (exact) mass is 420 g/mol. The molecule has 0 saturated carbocycles. The van der Waals surface area contributed by atoms with Gasteiger partial charge in [-0.15, -0.1) is 11.3 Å². The molecule has 1 amide bonds. The lowest BCUT2D eigenvalue weighted by atomic mass is 9.94. The number of aliphatic hydroxyl groups excluding tert-OH is 1. The van der Waals surface area contributed by atoms with Crippen molar-refractivity contribution >= 4 is 28.7 Å². The van der Waals surface area contributed by atoms with Crippen molar-refractivity contribution in [3.63, 3.8) is 0 Å². The van der Waals surface area contributed by atoms with Crippen LogP contribution in [0.3, 0.4) is 0 Å². The van der Waals surface area contributed by atoms with E-state index in [1.54, 1.807) is 38.1 Å². The molecule has 0 aliphatic carbocycles. The van der Waals surface area contributed by atoms with Crippen molar-refractivity contribution in [2.45, 2.75) is 26.8 Å². The molecule has 0 saturated heterocycles. The number of carbonyl (C=O) groups is 2. The molecule has 1 aromatic heterocycles. The second-order valence-corrected chi connectivity index (χ2v) is 8.45. The van der Waals surface area contributed by atoms with Crippen LogP contribution in [0.1, 0.15) is 37.5 Å². The molecule has 1 atom stereocenters. The highest BCUT2D eigenvalue weighted by atomic mass is 32.1. The third-order valence-corrected chi connectivity index (χ3v) is 6.13. The molecule has 0 radical (unpaired) electrons. The molecule has 30 heavy (non-hydrogen) atoms. The summed E-state index contributed by atoms with van der Waals surface area (Å²) in [6, 6.07) is 12.7. The van der Waals surface area contributed by atoms with Gasteiger partial charge in [-0.25, -0.2) is 4.98 Å². The maximum Gasteiger partial charge on any atom is 0.294 e. The minimum Gasteiger partial charge on any atom is -0.508 e. The number of aliphatic hydroxyl groups is 1. The summed E-state index contributed by atoms with van der Waals surface area (Å²) in [5.74, 6) is -1.67. The molecule has 2 N–H and O–H groups in total. The van der Waals surface area contributed by atoms with Gasteiger partial charge in [0.25, 0.3) is 5.91 Å². The van der Waals surface area contributed by atoms with E-state index in [4.69, 9.17) is 0 Å². The highest BCUT2D eigenvalue weighted by Crippen LogP contribution is 2.43. The van der Waals surface area contributed by atoms with E-state index in [2.05, 4.69) is 4.98 Å². The first-order valence-electron chi connectivity index (χ1n) is 9.39. The van der Waals surface area contributed by atoms with Gasteiger partial charge in [-0.05, 0) is 50.6 Å². The van der Waals surface area contributed by atoms with Crippen LogP contribution in [0.5, 0.6) is 5.75 Å². The van der Waals surface area contributed by atoms with E-state index in [1.807, 2.05) is 19.1 Å². The summed E-state index contributed by atoms with van der Waals surface area (Å²) in [4.78, 5) is 32.6. The normalized spacial score (nSPS) is 16.4. The molecular formula is C23H20N2O4S. The number of anilines is 1. The number of Topliss-reactive ketones (excluding diaryl/α,β-unsaturated/α-hetero) is 1. The second-order valence-electron chi connectivity index (χ2n) is 7.25. The minimum absolute atomic E-state index is 0.00630. The van der Waals surface area contributed by atoms with Crippen molar-refractivity contribution in [2.75, 3.05) is 4.90 Å². The number of phenols is 1. The zero-order valence-electron chi connectivity index (χ0n) is 16.7. The molecule has 0 bridgehead atoms. The molecule has 152 valence electrons. The summed E-state index contributed by atoms with van der Waals surface area (Å²) in [7, 11) is 0. The topological polar surface area (TPSA) is 90.7 Å². The fourth-order valence-corrected chi connectivity index (χ4v) is 4.56. The van der Waals surface area contributed by atoms with Gasteiger partial charge in [0.15, 0.2) is 5.76 Å². The summed E-state index contributed by atoms with van der Waals surface area (Å²) >= 11 is 1.23. The van der Waals surface area contributed by atoms with Gasteiger partial charge in [-0.3, -0.25) is 14.5 Å². The van der Waals surface area contributed by atoms with Crippen LogP contribution in [0.4, 0.5) is 5.69 Å². The van der Waals surface area contributed by atoms with Gasteiger partial charge in [0.2, 0.25) is 5.78 Å². The van der Waals surface area contributed by atoms with Crippen molar-refractivity contribution in [1.29, 1.82) is 0 Å². The number of nitrogens with zero attached hydrogens (tertiary/aromatic N) is 2. The summed E-state index contributed by atoms with van der Waals surface area (Å²) in [6.07, 6.45) is 0. The molecule has 0 spiro atoms. The highest BCUT2D eigenvalue weighted by Gasteiger charge is 2.45. The smallest absolute Gasteiger partial charge is 0.294 e. The molecule has 1 aliphatic rings. The van der Waals surface area contributed by atoms with Gasteiger partial charge in [0.1, 0.15) is 5.75 Å². The van der Waals surface area contributed by atoms with Crippen LogP contribution in [0.25, 0.3) is 0 Å². The number of hydrogen-bond acceptors (Lipinski definition) is 6. The SMILES string of the molecule is Cc1ccc(N2C(=O)C(O)=C(C(=O)c3sc(C)nc3C)C2c2cccc(O)c2)cc1. The average molecular weight is 420 g/mol. The van der Waals surface area contributed by atoms with Gasteiger partial charge in [-0.1, -0.05) is 29.8 Å². The highest BCUT2D eigenvalue weighted by molar-refractivity contribution is 7.14. The van der Waals surface area contributed by atoms with E-state index in [0.717, 1.165) is 10.6 Å². The maximum absolute atomic E-state index is 13.4. The predicted molar refractivity (Wildman–Crippen MR) is 115 cm³/mol. The minimum atomic E-state index is -0.874. The number of thiazole rings is 1. The van der Waals surface area contributed by atoms with Crippen LogP contribution < -0.4 is 4.90 Å². The first-order valence-corrected chi connectivity index (χ1v) is 10.2. The van der Waals surface area contributed by atoms with Gasteiger partial charge < -0.3 is 10.2 Å². The zero-order chi connectivity index (χ0) is 21.6. The van der Waals surface area contributed by atoms with Crippen molar-refractivity contribution in [3.8, 4) is 5.75 Å². The number of aromatic hydroxyl groups is 1. The number of rotatable bonds is 4. The fraction of sp³-hybridized carbons (Fsp3) is 0.174. The predicted octanol–water partition coefficient (Wildman–Crippen LogP) is 4.56. The van der Waals surface area contributed by atoms with Crippen LogP contribution in [-0.4, -0.2) is 26.9 Å². The number of amides is 1. The van der Waals surface area contributed by atoms with Gasteiger partial charge in [0, 0.05) is 5.69 Å². The average Bonchev–Trinajstić information content (AvgIpc) is 3.18. The Morgan fingerprint density at radius 1 is 1.07 bits per heavy atom. The number of ketones is 1. The molecule has 7 heteroatoms. The number of benzene rings is 2. The van der Waals surface area contributed by atoms with Gasteiger partial charge in [-0.2, -0.15) is 0 Å². The summed E-state index contributed by atoms with van der Waals surface area (Å²) in [5, 5.41) is 21.5. The van der Waals surface area contributed by atoms with Gasteiger partial charge >= 0.3 is 0 Å². The number of aromatic nitrogens is 1. The molecule has 3 aromatic rings. The fourth-order valence-electron chi connectivity index (χ4n) is 3.68. The Labute approximate surface area is 177 Å². The second kappa shape index (κ2) is 7.42. The van der Waals surface area contributed by atoms with Gasteiger partial charge in [0.05, 0.1) is 27.2 Å². The van der Waals surface area contributed by atoms with Crippen LogP contribution in [0.15, 0.2) is 59.9 Å². The molecule has 4 rings (SSSR count). The quantitative estimate of drug-likeness (QED) is 0.604. The lowest BCUT2D eigenvalue weighted by Gasteiger charge is -2.27. The maximum atomic E-state index is 13.4. The van der Waals surface area contributed by atoms with Crippen molar-refractivity contribution < 1.29 is 19.8 Å². The third kappa shape index (κ3) is 3.27. The summed E-state index contributed by atoms with van der Waals surface area (Å²) in [6.45, 7) is 5.46. The van der Waals surface area contributed by atoms with E-state index in [9.17, 15) is 19.8 Å². The van der Waals surface area contributed by atoms with Crippen molar-refractivity contribution in [1.82, 2.24) is 4.98 Å². The Kier molecular flexibility index (Phi) is 4.91. The Hall–Kier alpha value is -3.45. The Morgan fingerprint density at radius 3 is 2.37 bits per heavy atom. The van der Waals surface area contributed by atoms with E-state index in [0.29, 0.717) is 21.8 Å². The number of hydrogen-bond donors (Lipinski definition) is 2. The van der Waals surface area contributed by atoms with Crippen LogP contribution in [0, 0.1) is 20.8 Å². The summed E-state index contributed by atoms with van der Waals surface area (Å²) in [5.41, 5.74) is 2.63. The standard InChI is InChI=1S/C23H20N2O4S/c1-12-7-9-16(10-8-12)25-19(15-5-4-6-17(26)11-15)18(21(28)23(25)29)20(27)22-13(2)24-14(3)30-22/h4-11,19,26,28H,1-3H3. The van der Waals surface area contributed by atoms with Crippen LogP contribution in [0.2, 0.25) is 0 Å². The molecule has 0 fully saturated rings. The molecular weight excluding hydrogens is 400 g/mol. The molecule has 2 heterocycles. The summed E-state index contributed by atoms with van der Waals surface area (Å²) < 4.78 is 0. The van der Waals surface area contributed by atoms with E-state index < -0.39 is 23.5 Å². The van der Waals surface area contributed by atoms with Crippen molar-refractivity contribution in [2.24, 2.45) is 0 Å². The molecule has 2 aromatic carbocycles. The lowest BCUT2D eigenvalue weighted by molar-refractivity contribution is -0.117. The van der Waals surface area contributed by atoms with E-state index >= 15 is 0 Å². The lowest BCUT2D eigenvalue weighted by Crippen LogP contribution is -2.31. The first kappa shape index (κ1) is 19.8. The molecule has 1 unspecified atom stereocenters. The molecule has 1 aliphatic heterocycles. The van der Waals surface area contributed by atoms with Crippen LogP contribution in [-0.2, 0) is 4.79 Å². The third-order valence-electron chi connectivity index (χ3n) is 5.06. The van der Waals surface area contributed by atoms with E-state index in [1.165, 1.54) is 28.4 Å². The Bertz CT molecular complexity index is 1190. The zero-order valence-corrected chi connectivity index (χ0v) is 17.5. The largest absolute Gasteiger partial charge is 0.508 e. The number of carbonyl (C=O) groups excluding carboxylic acids is 2. The van der Waals surface area contributed by atoms with Crippen molar-refractivity contribution in [3.05, 3.63) is 86.6 Å². The molecule has 6 nitrogen and oxygen atoms in total. The van der Waals surface area contributed by atoms with Crippen LogP contribution >= 0.6 is 11.3 Å².